The summed E-state index contributed by atoms with van der Waals surface area (Å²) >= 11 is 0. The molecule has 0 saturated carbocycles. The Balaban J connectivity index is 1.48. The van der Waals surface area contributed by atoms with Gasteiger partial charge in [0.2, 0.25) is 0 Å². The first-order chi connectivity index (χ1) is 12.7. The molecule has 4 aromatic rings. The van der Waals surface area contributed by atoms with E-state index >= 15 is 0 Å². The number of pyridine rings is 1. The third-order valence-electron chi connectivity index (χ3n) is 4.20. The van der Waals surface area contributed by atoms with E-state index in [0.717, 1.165) is 21.9 Å². The SMILES string of the molecule is O=C(CC(O)c1cc2cnc3ccccc3c2o1)OCc1ccccc1. The van der Waals surface area contributed by atoms with E-state index in [4.69, 9.17) is 9.15 Å². The molecule has 0 aliphatic heterocycles. The summed E-state index contributed by atoms with van der Waals surface area (Å²) in [5.74, 6) is -0.153. The third-order valence-corrected chi connectivity index (χ3v) is 4.20. The summed E-state index contributed by atoms with van der Waals surface area (Å²) in [6, 6.07) is 18.7. The molecule has 0 amide bonds. The van der Waals surface area contributed by atoms with E-state index in [1.165, 1.54) is 0 Å². The smallest absolute Gasteiger partial charge is 0.309 e. The molecule has 1 atom stereocenters. The maximum absolute atomic E-state index is 12.0. The fourth-order valence-corrected chi connectivity index (χ4v) is 2.87. The van der Waals surface area contributed by atoms with E-state index in [1.807, 2.05) is 54.6 Å². The van der Waals surface area contributed by atoms with Crippen LogP contribution in [-0.2, 0) is 16.1 Å². The van der Waals surface area contributed by atoms with Crippen LogP contribution in [0.2, 0.25) is 0 Å². The molecule has 0 bridgehead atoms. The molecule has 2 heterocycles. The number of carbonyl (C=O) groups is 1. The molecule has 5 heteroatoms. The van der Waals surface area contributed by atoms with Crippen molar-refractivity contribution in [1.29, 1.82) is 0 Å². The Kier molecular flexibility index (Phi) is 4.37. The van der Waals surface area contributed by atoms with E-state index < -0.39 is 12.1 Å². The predicted molar refractivity (Wildman–Crippen MR) is 97.3 cm³/mol. The van der Waals surface area contributed by atoms with Gasteiger partial charge in [0.15, 0.2) is 0 Å². The van der Waals surface area contributed by atoms with Gasteiger partial charge in [-0.1, -0.05) is 42.5 Å². The average molecular weight is 347 g/mol. The maximum Gasteiger partial charge on any atom is 0.309 e. The van der Waals surface area contributed by atoms with Crippen molar-refractivity contribution in [3.63, 3.8) is 0 Å². The molecule has 130 valence electrons. The molecule has 0 saturated heterocycles. The van der Waals surface area contributed by atoms with Gasteiger partial charge in [-0.3, -0.25) is 9.78 Å². The summed E-state index contributed by atoms with van der Waals surface area (Å²) in [5.41, 5.74) is 2.37. The minimum atomic E-state index is -1.07. The lowest BCUT2D eigenvalue weighted by atomic mass is 10.1. The van der Waals surface area contributed by atoms with Crippen molar-refractivity contribution in [1.82, 2.24) is 4.98 Å². The van der Waals surface area contributed by atoms with Gasteiger partial charge < -0.3 is 14.3 Å². The average Bonchev–Trinajstić information content (AvgIpc) is 3.12. The second kappa shape index (κ2) is 6.98. The first kappa shape index (κ1) is 16.3. The van der Waals surface area contributed by atoms with E-state index in [0.29, 0.717) is 11.3 Å². The summed E-state index contributed by atoms with van der Waals surface area (Å²) in [7, 11) is 0. The first-order valence-electron chi connectivity index (χ1n) is 8.35. The van der Waals surface area contributed by atoms with E-state index in [9.17, 15) is 9.90 Å². The molecule has 4 rings (SSSR count). The number of aromatic nitrogens is 1. The molecule has 2 aromatic heterocycles. The van der Waals surface area contributed by atoms with Crippen LogP contribution in [0.3, 0.4) is 0 Å². The minimum absolute atomic E-state index is 0.169. The molecule has 26 heavy (non-hydrogen) atoms. The molecule has 0 spiro atoms. The number of hydrogen-bond donors (Lipinski definition) is 1. The fourth-order valence-electron chi connectivity index (χ4n) is 2.87. The molecular weight excluding hydrogens is 330 g/mol. The zero-order valence-electron chi connectivity index (χ0n) is 14.0. The van der Waals surface area contributed by atoms with Crippen LogP contribution in [0.4, 0.5) is 0 Å². The van der Waals surface area contributed by atoms with Crippen molar-refractivity contribution >= 4 is 27.8 Å². The predicted octanol–water partition coefficient (Wildman–Crippen LogP) is 4.15. The van der Waals surface area contributed by atoms with Gasteiger partial charge in [0.05, 0.1) is 11.9 Å². The Labute approximate surface area is 149 Å². The van der Waals surface area contributed by atoms with Crippen molar-refractivity contribution in [2.75, 3.05) is 0 Å². The molecule has 2 aromatic carbocycles. The lowest BCUT2D eigenvalue weighted by molar-refractivity contribution is -0.147. The molecule has 1 N–H and O–H groups in total. The topological polar surface area (TPSA) is 72.6 Å². The number of aliphatic hydroxyl groups is 1. The highest BCUT2D eigenvalue weighted by Gasteiger charge is 2.19. The molecular formula is C21H17NO4. The highest BCUT2D eigenvalue weighted by atomic mass is 16.5. The van der Waals surface area contributed by atoms with Crippen LogP contribution in [-0.4, -0.2) is 16.1 Å². The number of benzene rings is 2. The summed E-state index contributed by atoms with van der Waals surface area (Å²) in [6.07, 6.45) is 0.466. The Morgan fingerprint density at radius 3 is 2.73 bits per heavy atom. The molecule has 0 aliphatic carbocycles. The second-order valence-corrected chi connectivity index (χ2v) is 6.07. The molecule has 5 nitrogen and oxygen atoms in total. The Hall–Kier alpha value is -3.18. The standard InChI is InChI=1S/C21H17NO4/c23-18(11-20(24)25-13-14-6-2-1-3-7-14)19-10-15-12-22-17-9-5-4-8-16(17)21(15)26-19/h1-10,12,18,23H,11,13H2. The van der Waals surface area contributed by atoms with Crippen LogP contribution >= 0.6 is 0 Å². The molecule has 1 unspecified atom stereocenters. The van der Waals surface area contributed by atoms with Gasteiger partial charge in [-0.25, -0.2) is 0 Å². The number of carbonyl (C=O) groups excluding carboxylic acids is 1. The Bertz CT molecular complexity index is 1060. The summed E-state index contributed by atoms with van der Waals surface area (Å²) in [6.45, 7) is 0.182. The van der Waals surface area contributed by atoms with Crippen LogP contribution in [0.15, 0.2) is 71.3 Å². The van der Waals surface area contributed by atoms with Crippen molar-refractivity contribution in [2.45, 2.75) is 19.1 Å². The number of ether oxygens (including phenoxy) is 1. The first-order valence-corrected chi connectivity index (χ1v) is 8.35. The van der Waals surface area contributed by atoms with Gasteiger partial charge in [-0.05, 0) is 23.8 Å². The van der Waals surface area contributed by atoms with Crippen molar-refractivity contribution in [3.05, 3.63) is 78.2 Å². The number of rotatable bonds is 5. The third kappa shape index (κ3) is 3.30. The number of furan rings is 1. The van der Waals surface area contributed by atoms with Crippen LogP contribution in [0.5, 0.6) is 0 Å². The van der Waals surface area contributed by atoms with Gasteiger partial charge in [0, 0.05) is 17.0 Å². The van der Waals surface area contributed by atoms with E-state index in [2.05, 4.69) is 4.98 Å². The Morgan fingerprint density at radius 1 is 1.12 bits per heavy atom. The zero-order valence-corrected chi connectivity index (χ0v) is 14.0. The lowest BCUT2D eigenvalue weighted by Gasteiger charge is -2.08. The van der Waals surface area contributed by atoms with Gasteiger partial charge in [0.1, 0.15) is 24.1 Å². The lowest BCUT2D eigenvalue weighted by Crippen LogP contribution is -2.09. The molecule has 0 aliphatic rings. The molecule has 0 fully saturated rings. The highest BCUT2D eigenvalue weighted by molar-refractivity contribution is 6.02. The largest absolute Gasteiger partial charge is 0.461 e. The van der Waals surface area contributed by atoms with Gasteiger partial charge in [-0.15, -0.1) is 0 Å². The fraction of sp³-hybridized carbons (Fsp3) is 0.143. The highest BCUT2D eigenvalue weighted by Crippen LogP contribution is 2.30. The Morgan fingerprint density at radius 2 is 1.88 bits per heavy atom. The van der Waals surface area contributed by atoms with E-state index in [-0.39, 0.29) is 13.0 Å². The van der Waals surface area contributed by atoms with E-state index in [1.54, 1.807) is 12.3 Å². The number of hydrogen-bond acceptors (Lipinski definition) is 5. The van der Waals surface area contributed by atoms with Crippen LogP contribution in [0.1, 0.15) is 23.8 Å². The number of aliphatic hydroxyl groups excluding tert-OH is 1. The van der Waals surface area contributed by atoms with Gasteiger partial charge in [0.25, 0.3) is 0 Å². The van der Waals surface area contributed by atoms with Crippen LogP contribution in [0, 0.1) is 0 Å². The van der Waals surface area contributed by atoms with Crippen LogP contribution < -0.4 is 0 Å². The monoisotopic (exact) mass is 347 g/mol. The molecule has 0 radical (unpaired) electrons. The van der Waals surface area contributed by atoms with Crippen molar-refractivity contribution < 1.29 is 19.1 Å². The number of nitrogens with zero attached hydrogens (tertiary/aromatic N) is 1. The van der Waals surface area contributed by atoms with Crippen molar-refractivity contribution in [3.8, 4) is 0 Å². The number of esters is 1. The second-order valence-electron chi connectivity index (χ2n) is 6.07. The van der Waals surface area contributed by atoms with Gasteiger partial charge in [-0.2, -0.15) is 0 Å². The summed E-state index contributed by atoms with van der Waals surface area (Å²) < 4.78 is 11.0. The number of para-hydroxylation sites is 1. The normalized spacial score (nSPS) is 12.3. The van der Waals surface area contributed by atoms with Crippen molar-refractivity contribution in [2.24, 2.45) is 0 Å². The number of fused-ring (bicyclic) bond motifs is 3. The summed E-state index contributed by atoms with van der Waals surface area (Å²) in [4.78, 5) is 16.4. The zero-order chi connectivity index (χ0) is 17.9. The minimum Gasteiger partial charge on any atom is -0.461 e. The quantitative estimate of drug-likeness (QED) is 0.549. The van der Waals surface area contributed by atoms with Crippen LogP contribution in [0.25, 0.3) is 21.9 Å². The summed E-state index contributed by atoms with van der Waals surface area (Å²) in [5, 5.41) is 12.0. The maximum atomic E-state index is 12.0. The van der Waals surface area contributed by atoms with Gasteiger partial charge >= 0.3 is 5.97 Å².